The molecular formula is C34H46F2N6O8S2. The molecule has 8 atom stereocenters. The summed E-state index contributed by atoms with van der Waals surface area (Å²) in [6, 6.07) is 6.94. The standard InChI is InChI=1S/C34H46F2N6O8S2/c1-51(45,46)41-19-29(49-23-11-7-21(35)8-12-23)31-27(41)15-17-39(31)33(43)25(37)5-3-4-6-26(38)34(44)40-18-16-28-32(40)30(20-42(28)52(2,47)48)50-24-13-9-22(36)10-14-24/h7-14,25-32H,3-6,15-20,37-38H2,1-2H3. The highest BCUT2D eigenvalue weighted by atomic mass is 32.2. The summed E-state index contributed by atoms with van der Waals surface area (Å²) in [4.78, 5) is 30.5. The van der Waals surface area contributed by atoms with Crippen molar-refractivity contribution in [3.05, 3.63) is 60.2 Å². The number of benzene rings is 2. The van der Waals surface area contributed by atoms with E-state index in [9.17, 15) is 35.2 Å². The topological polar surface area (TPSA) is 186 Å². The summed E-state index contributed by atoms with van der Waals surface area (Å²) >= 11 is 0. The van der Waals surface area contributed by atoms with Gasteiger partial charge in [-0.2, -0.15) is 8.61 Å². The largest absolute Gasteiger partial charge is 0.487 e. The Labute approximate surface area is 303 Å². The molecule has 286 valence electrons. The molecule has 2 aromatic rings. The predicted molar refractivity (Wildman–Crippen MR) is 187 cm³/mol. The van der Waals surface area contributed by atoms with Crippen molar-refractivity contribution < 1.29 is 44.7 Å². The molecule has 52 heavy (non-hydrogen) atoms. The van der Waals surface area contributed by atoms with E-state index in [0.717, 1.165) is 12.5 Å². The van der Waals surface area contributed by atoms with E-state index in [1.54, 1.807) is 9.80 Å². The summed E-state index contributed by atoms with van der Waals surface area (Å²) in [5.74, 6) is -0.827. The first-order valence-electron chi connectivity index (χ1n) is 17.4. The number of amides is 2. The molecule has 0 bridgehead atoms. The number of unbranched alkanes of at least 4 members (excludes halogenated alkanes) is 1. The molecule has 14 nitrogen and oxygen atoms in total. The zero-order chi connectivity index (χ0) is 37.5. The first-order chi connectivity index (χ1) is 24.5. The molecule has 4 fully saturated rings. The Morgan fingerprint density at radius 3 is 1.37 bits per heavy atom. The number of sulfonamides is 2. The molecule has 18 heteroatoms. The number of nitrogens with zero attached hydrogens (tertiary/aromatic N) is 4. The Morgan fingerprint density at radius 1 is 0.692 bits per heavy atom. The van der Waals surface area contributed by atoms with Gasteiger partial charge in [-0.1, -0.05) is 12.8 Å². The van der Waals surface area contributed by atoms with Crippen LogP contribution in [0.5, 0.6) is 11.5 Å². The number of halogens is 2. The number of ether oxygens (including phenoxy) is 2. The van der Waals surface area contributed by atoms with Crippen LogP contribution in [-0.4, -0.2) is 134 Å². The highest BCUT2D eigenvalue weighted by Gasteiger charge is 2.56. The van der Waals surface area contributed by atoms with Gasteiger partial charge in [0.15, 0.2) is 0 Å². The van der Waals surface area contributed by atoms with Crippen molar-refractivity contribution in [2.45, 2.75) is 87.0 Å². The van der Waals surface area contributed by atoms with Gasteiger partial charge < -0.3 is 30.7 Å². The molecule has 4 heterocycles. The van der Waals surface area contributed by atoms with Crippen molar-refractivity contribution >= 4 is 31.9 Å². The SMILES string of the molecule is CS(=O)(=O)N1CC(Oc2ccc(F)cc2)C2C1CCN2C(=O)C(N)CCCCC(N)C(=O)N1CCC2C1C(Oc1ccc(F)cc1)CN2S(C)(=O)=O. The Hall–Kier alpha value is -3.42. The summed E-state index contributed by atoms with van der Waals surface area (Å²) in [5.41, 5.74) is 12.8. The summed E-state index contributed by atoms with van der Waals surface area (Å²) < 4.78 is 92.3. The minimum Gasteiger partial charge on any atom is -0.487 e. The molecule has 2 amide bonds. The second-order valence-corrected chi connectivity index (χ2v) is 18.0. The molecular weight excluding hydrogens is 723 g/mol. The lowest BCUT2D eigenvalue weighted by atomic mass is 10.0. The third-order valence-corrected chi connectivity index (χ3v) is 13.1. The number of nitrogens with two attached hydrogens (primary N) is 2. The normalized spacial score (nSPS) is 27.7. The fourth-order valence-electron chi connectivity index (χ4n) is 8.23. The van der Waals surface area contributed by atoms with E-state index in [0.29, 0.717) is 63.1 Å². The van der Waals surface area contributed by atoms with Crippen LogP contribution in [0.3, 0.4) is 0 Å². The van der Waals surface area contributed by atoms with Gasteiger partial charge in [-0.05, 0) is 74.2 Å². The van der Waals surface area contributed by atoms with Crippen LogP contribution in [-0.2, 0) is 29.6 Å². The lowest BCUT2D eigenvalue weighted by molar-refractivity contribution is -0.135. The first kappa shape index (κ1) is 38.3. The molecule has 6 rings (SSSR count). The van der Waals surface area contributed by atoms with Crippen LogP contribution in [0.4, 0.5) is 8.78 Å². The molecule has 4 saturated heterocycles. The maximum absolute atomic E-state index is 13.6. The molecule has 0 radical (unpaired) electrons. The van der Waals surface area contributed by atoms with E-state index in [1.165, 1.54) is 57.1 Å². The van der Waals surface area contributed by atoms with Crippen LogP contribution in [0.2, 0.25) is 0 Å². The lowest BCUT2D eigenvalue weighted by Crippen LogP contribution is -2.52. The van der Waals surface area contributed by atoms with Gasteiger partial charge in [0.2, 0.25) is 31.9 Å². The van der Waals surface area contributed by atoms with E-state index < -0.39 is 80.1 Å². The van der Waals surface area contributed by atoms with Gasteiger partial charge in [-0.3, -0.25) is 9.59 Å². The number of likely N-dealkylation sites (tertiary alicyclic amines) is 2. The number of hydrogen-bond donors (Lipinski definition) is 2. The number of carbonyl (C=O) groups is 2. The molecule has 0 aromatic heterocycles. The Kier molecular flexibility index (Phi) is 11.2. The Bertz CT molecular complexity index is 1700. The smallest absolute Gasteiger partial charge is 0.239 e. The van der Waals surface area contributed by atoms with E-state index in [1.807, 2.05) is 0 Å². The molecule has 8 unspecified atom stereocenters. The number of carbonyl (C=O) groups excluding carboxylic acids is 2. The maximum Gasteiger partial charge on any atom is 0.239 e. The number of fused-ring (bicyclic) bond motifs is 2. The third-order valence-electron chi connectivity index (χ3n) is 10.6. The van der Waals surface area contributed by atoms with Crippen molar-refractivity contribution in [2.75, 3.05) is 38.7 Å². The molecule has 0 aliphatic carbocycles. The molecule has 2 aromatic carbocycles. The Morgan fingerprint density at radius 2 is 1.04 bits per heavy atom. The average Bonchev–Trinajstić information content (AvgIpc) is 3.86. The van der Waals surface area contributed by atoms with E-state index in [4.69, 9.17) is 20.9 Å². The van der Waals surface area contributed by atoms with Crippen LogP contribution in [0.25, 0.3) is 0 Å². The summed E-state index contributed by atoms with van der Waals surface area (Å²) in [7, 11) is -7.20. The zero-order valence-electron chi connectivity index (χ0n) is 29.1. The predicted octanol–water partition coefficient (Wildman–Crippen LogP) is 0.864. The van der Waals surface area contributed by atoms with Crippen LogP contribution < -0.4 is 20.9 Å². The van der Waals surface area contributed by atoms with Gasteiger partial charge in [-0.15, -0.1) is 0 Å². The van der Waals surface area contributed by atoms with Crippen molar-refractivity contribution in [3.63, 3.8) is 0 Å². The van der Waals surface area contributed by atoms with E-state index >= 15 is 0 Å². The fourth-order valence-corrected chi connectivity index (χ4v) is 10.5. The van der Waals surface area contributed by atoms with E-state index in [-0.39, 0.29) is 24.9 Å². The molecule has 0 spiro atoms. The summed E-state index contributed by atoms with van der Waals surface area (Å²) in [5, 5.41) is 0. The minimum atomic E-state index is -3.60. The quantitative estimate of drug-likeness (QED) is 0.277. The van der Waals surface area contributed by atoms with Crippen LogP contribution in [0.1, 0.15) is 38.5 Å². The van der Waals surface area contributed by atoms with Crippen molar-refractivity contribution in [1.29, 1.82) is 0 Å². The van der Waals surface area contributed by atoms with Crippen molar-refractivity contribution in [1.82, 2.24) is 18.4 Å². The van der Waals surface area contributed by atoms with Gasteiger partial charge in [0.25, 0.3) is 0 Å². The highest BCUT2D eigenvalue weighted by molar-refractivity contribution is 7.88. The second kappa shape index (κ2) is 15.1. The molecule has 4 aliphatic rings. The van der Waals surface area contributed by atoms with Gasteiger partial charge in [0, 0.05) is 13.1 Å². The third kappa shape index (κ3) is 8.06. The van der Waals surface area contributed by atoms with Crippen LogP contribution >= 0.6 is 0 Å². The first-order valence-corrected chi connectivity index (χ1v) is 21.1. The van der Waals surface area contributed by atoms with Crippen LogP contribution in [0, 0.1) is 11.6 Å². The monoisotopic (exact) mass is 768 g/mol. The number of rotatable bonds is 13. The minimum absolute atomic E-state index is 0.0422. The van der Waals surface area contributed by atoms with Gasteiger partial charge in [0.1, 0.15) is 35.3 Å². The molecule has 0 saturated carbocycles. The van der Waals surface area contributed by atoms with Gasteiger partial charge in [0.05, 0.1) is 61.9 Å². The fraction of sp³-hybridized carbons (Fsp3) is 0.588. The second-order valence-electron chi connectivity index (χ2n) is 14.1. The van der Waals surface area contributed by atoms with Crippen molar-refractivity contribution in [3.8, 4) is 11.5 Å². The Balaban J connectivity index is 1.03. The maximum atomic E-state index is 13.6. The zero-order valence-corrected chi connectivity index (χ0v) is 30.7. The van der Waals surface area contributed by atoms with Crippen molar-refractivity contribution in [2.24, 2.45) is 11.5 Å². The summed E-state index contributed by atoms with van der Waals surface area (Å²) in [6.45, 7) is 0.690. The molecule has 4 N–H and O–H groups in total. The molecule has 4 aliphatic heterocycles. The van der Waals surface area contributed by atoms with E-state index in [2.05, 4.69) is 0 Å². The number of hydrogen-bond acceptors (Lipinski definition) is 10. The summed E-state index contributed by atoms with van der Waals surface area (Å²) in [6.07, 6.45) is 3.32. The average molecular weight is 769 g/mol. The van der Waals surface area contributed by atoms with Gasteiger partial charge >= 0.3 is 0 Å². The highest BCUT2D eigenvalue weighted by Crippen LogP contribution is 2.38. The van der Waals surface area contributed by atoms with Crippen LogP contribution in [0.15, 0.2) is 48.5 Å². The lowest BCUT2D eigenvalue weighted by Gasteiger charge is -2.31. The van der Waals surface area contributed by atoms with Gasteiger partial charge in [-0.25, -0.2) is 25.6 Å².